The molecule has 0 N–H and O–H groups in total. The SMILES string of the molecule is CCC(C)(CC)Sc1ccnc2ccc(-c3cccc(C(F)(F)F)c3)cc12. The Labute approximate surface area is 162 Å². The Morgan fingerprint density at radius 1 is 0.926 bits per heavy atom. The predicted octanol–water partition coefficient (Wildman–Crippen LogP) is 7.59. The highest BCUT2D eigenvalue weighted by Gasteiger charge is 2.30. The third-order valence-corrected chi connectivity index (χ3v) is 6.72. The Morgan fingerprint density at radius 3 is 2.30 bits per heavy atom. The van der Waals surface area contributed by atoms with E-state index in [0.29, 0.717) is 5.56 Å². The molecule has 0 bridgehead atoms. The van der Waals surface area contributed by atoms with Crippen LogP contribution >= 0.6 is 11.8 Å². The van der Waals surface area contributed by atoms with Gasteiger partial charge in [0.1, 0.15) is 0 Å². The van der Waals surface area contributed by atoms with E-state index in [9.17, 15) is 13.2 Å². The maximum absolute atomic E-state index is 13.1. The van der Waals surface area contributed by atoms with Crippen molar-refractivity contribution in [2.24, 2.45) is 0 Å². The maximum atomic E-state index is 13.1. The quantitative estimate of drug-likeness (QED) is 0.417. The van der Waals surface area contributed by atoms with E-state index in [0.717, 1.165) is 40.3 Å². The summed E-state index contributed by atoms with van der Waals surface area (Å²) in [5, 5.41) is 0.977. The normalized spacial score (nSPS) is 12.5. The number of pyridine rings is 1. The molecular weight excluding hydrogens is 367 g/mol. The van der Waals surface area contributed by atoms with Gasteiger partial charge in [-0.2, -0.15) is 13.2 Å². The molecule has 0 aliphatic carbocycles. The zero-order valence-electron chi connectivity index (χ0n) is 15.6. The van der Waals surface area contributed by atoms with E-state index in [4.69, 9.17) is 0 Å². The number of thioether (sulfide) groups is 1. The number of hydrogen-bond donors (Lipinski definition) is 0. The fourth-order valence-corrected chi connectivity index (χ4v) is 4.15. The van der Waals surface area contributed by atoms with Crippen molar-refractivity contribution in [2.45, 2.75) is 49.4 Å². The van der Waals surface area contributed by atoms with Crippen LogP contribution in [0.1, 0.15) is 39.2 Å². The summed E-state index contributed by atoms with van der Waals surface area (Å²) < 4.78 is 39.3. The van der Waals surface area contributed by atoms with Crippen molar-refractivity contribution >= 4 is 22.7 Å². The third kappa shape index (κ3) is 4.29. The van der Waals surface area contributed by atoms with Crippen LogP contribution in [-0.4, -0.2) is 9.73 Å². The van der Waals surface area contributed by atoms with Crippen molar-refractivity contribution in [2.75, 3.05) is 0 Å². The molecule has 1 aromatic heterocycles. The second-order valence-electron chi connectivity index (χ2n) is 6.88. The number of benzene rings is 2. The molecule has 0 radical (unpaired) electrons. The molecule has 0 fully saturated rings. The van der Waals surface area contributed by atoms with E-state index >= 15 is 0 Å². The molecule has 0 saturated carbocycles. The van der Waals surface area contributed by atoms with Crippen LogP contribution in [0.5, 0.6) is 0 Å². The Balaban J connectivity index is 2.08. The number of halogens is 3. The van der Waals surface area contributed by atoms with E-state index in [1.165, 1.54) is 12.1 Å². The van der Waals surface area contributed by atoms with E-state index in [1.807, 2.05) is 36.0 Å². The van der Waals surface area contributed by atoms with Gasteiger partial charge < -0.3 is 0 Å². The molecule has 0 aliphatic rings. The molecule has 0 aliphatic heterocycles. The molecule has 0 atom stereocenters. The first-order valence-corrected chi connectivity index (χ1v) is 9.83. The lowest BCUT2D eigenvalue weighted by atomic mass is 10.0. The van der Waals surface area contributed by atoms with E-state index in [1.54, 1.807) is 12.3 Å². The average molecular weight is 389 g/mol. The zero-order chi connectivity index (χ0) is 19.7. The minimum absolute atomic E-state index is 0.112. The molecule has 142 valence electrons. The molecule has 3 aromatic rings. The van der Waals surface area contributed by atoms with Crippen LogP contribution in [0, 0.1) is 0 Å². The van der Waals surface area contributed by atoms with Gasteiger partial charge in [0.15, 0.2) is 0 Å². The fraction of sp³-hybridized carbons (Fsp3) is 0.318. The summed E-state index contributed by atoms with van der Waals surface area (Å²) in [5.41, 5.74) is 1.54. The first kappa shape index (κ1) is 19.7. The van der Waals surface area contributed by atoms with Crippen LogP contribution in [0.25, 0.3) is 22.0 Å². The second-order valence-corrected chi connectivity index (χ2v) is 8.51. The number of nitrogens with zero attached hydrogens (tertiary/aromatic N) is 1. The standard InChI is InChI=1S/C22H22F3NS/c1-4-21(3,5-2)27-20-11-12-26-19-10-9-16(14-18(19)20)15-7-6-8-17(13-15)22(23,24)25/h6-14H,4-5H2,1-3H3. The van der Waals surface area contributed by atoms with Gasteiger partial charge in [0.2, 0.25) is 0 Å². The maximum Gasteiger partial charge on any atom is 0.416 e. The van der Waals surface area contributed by atoms with Crippen molar-refractivity contribution in [1.82, 2.24) is 4.98 Å². The average Bonchev–Trinajstić information content (AvgIpc) is 2.67. The molecule has 0 saturated heterocycles. The van der Waals surface area contributed by atoms with Gasteiger partial charge in [0, 0.05) is 21.2 Å². The highest BCUT2D eigenvalue weighted by Crippen LogP contribution is 2.41. The summed E-state index contributed by atoms with van der Waals surface area (Å²) in [6, 6.07) is 13.1. The van der Waals surface area contributed by atoms with Gasteiger partial charge in [-0.1, -0.05) is 39.0 Å². The van der Waals surface area contributed by atoms with E-state index in [-0.39, 0.29) is 4.75 Å². The lowest BCUT2D eigenvalue weighted by molar-refractivity contribution is -0.137. The summed E-state index contributed by atoms with van der Waals surface area (Å²) in [6.45, 7) is 6.59. The van der Waals surface area contributed by atoms with Gasteiger partial charge in [-0.3, -0.25) is 4.98 Å². The van der Waals surface area contributed by atoms with Crippen molar-refractivity contribution in [1.29, 1.82) is 0 Å². The third-order valence-electron chi connectivity index (χ3n) is 5.08. The predicted molar refractivity (Wildman–Crippen MR) is 107 cm³/mol. The molecule has 2 aromatic carbocycles. The topological polar surface area (TPSA) is 12.9 Å². The molecule has 27 heavy (non-hydrogen) atoms. The Kier molecular flexibility index (Phi) is 5.52. The number of alkyl halides is 3. The monoisotopic (exact) mass is 389 g/mol. The Morgan fingerprint density at radius 2 is 1.63 bits per heavy atom. The number of aromatic nitrogens is 1. The highest BCUT2D eigenvalue weighted by atomic mass is 32.2. The van der Waals surface area contributed by atoms with Crippen LogP contribution in [0.15, 0.2) is 59.6 Å². The van der Waals surface area contributed by atoms with Crippen molar-refractivity contribution < 1.29 is 13.2 Å². The van der Waals surface area contributed by atoms with Gasteiger partial charge in [-0.15, -0.1) is 11.8 Å². The fourth-order valence-electron chi connectivity index (χ4n) is 2.92. The van der Waals surface area contributed by atoms with Crippen LogP contribution in [-0.2, 0) is 6.18 Å². The molecule has 0 unspecified atom stereocenters. The smallest absolute Gasteiger partial charge is 0.256 e. The van der Waals surface area contributed by atoms with E-state index in [2.05, 4.69) is 25.8 Å². The number of fused-ring (bicyclic) bond motifs is 1. The Bertz CT molecular complexity index is 946. The molecule has 3 rings (SSSR count). The second kappa shape index (κ2) is 7.55. The first-order chi connectivity index (χ1) is 12.8. The van der Waals surface area contributed by atoms with Gasteiger partial charge in [-0.25, -0.2) is 0 Å². The minimum Gasteiger partial charge on any atom is -0.256 e. The van der Waals surface area contributed by atoms with Crippen molar-refractivity contribution in [3.63, 3.8) is 0 Å². The van der Waals surface area contributed by atoms with Crippen molar-refractivity contribution in [3.8, 4) is 11.1 Å². The van der Waals surface area contributed by atoms with Gasteiger partial charge in [0.05, 0.1) is 11.1 Å². The van der Waals surface area contributed by atoms with Crippen LogP contribution in [0.3, 0.4) is 0 Å². The lowest BCUT2D eigenvalue weighted by Crippen LogP contribution is -2.16. The summed E-state index contributed by atoms with van der Waals surface area (Å²) >= 11 is 1.81. The van der Waals surface area contributed by atoms with Gasteiger partial charge >= 0.3 is 6.18 Å². The Hall–Kier alpha value is -2.01. The number of rotatable bonds is 5. The van der Waals surface area contributed by atoms with Crippen LogP contribution < -0.4 is 0 Å². The minimum atomic E-state index is -4.35. The molecular formula is C22H22F3NS. The molecule has 0 amide bonds. The summed E-state index contributed by atoms with van der Waals surface area (Å²) in [5.74, 6) is 0. The van der Waals surface area contributed by atoms with Crippen LogP contribution in [0.4, 0.5) is 13.2 Å². The summed E-state index contributed by atoms with van der Waals surface area (Å²) in [4.78, 5) is 5.53. The summed E-state index contributed by atoms with van der Waals surface area (Å²) in [7, 11) is 0. The van der Waals surface area contributed by atoms with Crippen molar-refractivity contribution in [3.05, 3.63) is 60.3 Å². The van der Waals surface area contributed by atoms with E-state index < -0.39 is 11.7 Å². The van der Waals surface area contributed by atoms with Gasteiger partial charge in [0.25, 0.3) is 0 Å². The highest BCUT2D eigenvalue weighted by molar-refractivity contribution is 8.00. The van der Waals surface area contributed by atoms with Crippen LogP contribution in [0.2, 0.25) is 0 Å². The molecule has 0 spiro atoms. The largest absolute Gasteiger partial charge is 0.416 e. The molecule has 5 heteroatoms. The number of hydrogen-bond acceptors (Lipinski definition) is 2. The molecule has 1 nitrogen and oxygen atoms in total. The zero-order valence-corrected chi connectivity index (χ0v) is 16.4. The lowest BCUT2D eigenvalue weighted by Gasteiger charge is -2.26. The summed E-state index contributed by atoms with van der Waals surface area (Å²) in [6.07, 6.45) is -0.490. The first-order valence-electron chi connectivity index (χ1n) is 9.01. The van der Waals surface area contributed by atoms with Gasteiger partial charge in [-0.05, 0) is 54.3 Å². The molecule has 1 heterocycles.